The Morgan fingerprint density at radius 3 is 2.52 bits per heavy atom. The van der Waals surface area contributed by atoms with Gasteiger partial charge in [0.1, 0.15) is 5.82 Å². The number of carbonyl (C=O) groups is 1. The highest BCUT2D eigenvalue weighted by molar-refractivity contribution is 6.03. The van der Waals surface area contributed by atoms with E-state index in [1.807, 2.05) is 43.3 Å². The van der Waals surface area contributed by atoms with Gasteiger partial charge in [0, 0.05) is 11.8 Å². The van der Waals surface area contributed by atoms with Gasteiger partial charge in [-0.05, 0) is 48.2 Å². The fourth-order valence-electron chi connectivity index (χ4n) is 1.84. The minimum absolute atomic E-state index is 0.146. The lowest BCUT2D eigenvalue weighted by molar-refractivity contribution is 0.102. The molecule has 0 aliphatic carbocycles. The van der Waals surface area contributed by atoms with E-state index in [9.17, 15) is 4.79 Å². The number of nitrogens with zero attached hydrogens (tertiary/aromatic N) is 1. The molecule has 0 saturated carbocycles. The number of pyridine rings is 1. The molecule has 0 aliphatic rings. The van der Waals surface area contributed by atoms with Gasteiger partial charge in [0.25, 0.3) is 5.91 Å². The third-order valence-corrected chi connectivity index (χ3v) is 3.00. The molecule has 1 amide bonds. The molecule has 0 radical (unpaired) electrons. The molecule has 2 rings (SSSR count). The van der Waals surface area contributed by atoms with Crippen LogP contribution in [0.1, 0.15) is 35.3 Å². The van der Waals surface area contributed by atoms with Gasteiger partial charge in [-0.1, -0.05) is 38.1 Å². The summed E-state index contributed by atoms with van der Waals surface area (Å²) < 4.78 is 0. The van der Waals surface area contributed by atoms with E-state index in [-0.39, 0.29) is 5.91 Å². The zero-order valence-corrected chi connectivity index (χ0v) is 12.6. The number of benzene rings is 1. The average molecular weight is 280 g/mol. The molecular weight excluding hydrogens is 260 g/mol. The normalized spacial score (nSPS) is 11.0. The fourth-order valence-corrected chi connectivity index (χ4v) is 1.84. The second-order valence-corrected chi connectivity index (χ2v) is 5.40. The number of nitrogens with one attached hydrogen (secondary N) is 1. The molecule has 0 spiro atoms. The molecule has 3 heteroatoms. The Morgan fingerprint density at radius 2 is 1.90 bits per heavy atom. The summed E-state index contributed by atoms with van der Waals surface area (Å²) in [5, 5.41) is 2.80. The summed E-state index contributed by atoms with van der Waals surface area (Å²) in [4.78, 5) is 16.3. The quantitative estimate of drug-likeness (QED) is 0.906. The molecule has 0 atom stereocenters. The van der Waals surface area contributed by atoms with Crippen LogP contribution in [0, 0.1) is 12.8 Å². The molecule has 0 saturated heterocycles. The maximum absolute atomic E-state index is 12.1. The second kappa shape index (κ2) is 6.84. The monoisotopic (exact) mass is 280 g/mol. The van der Waals surface area contributed by atoms with Gasteiger partial charge in [-0.3, -0.25) is 4.79 Å². The van der Waals surface area contributed by atoms with Gasteiger partial charge in [-0.2, -0.15) is 0 Å². The van der Waals surface area contributed by atoms with E-state index in [0.29, 0.717) is 17.3 Å². The van der Waals surface area contributed by atoms with Crippen LogP contribution in [0.4, 0.5) is 5.82 Å². The van der Waals surface area contributed by atoms with Crippen LogP contribution in [0.3, 0.4) is 0 Å². The number of aryl methyl sites for hydroxylation is 1. The first-order chi connectivity index (χ1) is 10.0. The molecule has 1 aromatic carbocycles. The van der Waals surface area contributed by atoms with Crippen LogP contribution in [0.25, 0.3) is 6.08 Å². The van der Waals surface area contributed by atoms with E-state index in [1.165, 1.54) is 0 Å². The van der Waals surface area contributed by atoms with E-state index >= 15 is 0 Å². The molecule has 0 aliphatic heterocycles. The molecule has 21 heavy (non-hydrogen) atoms. The Kier molecular flexibility index (Phi) is 4.88. The third kappa shape index (κ3) is 4.56. The molecule has 0 bridgehead atoms. The van der Waals surface area contributed by atoms with Crippen molar-refractivity contribution in [3.63, 3.8) is 0 Å². The summed E-state index contributed by atoms with van der Waals surface area (Å²) in [5.41, 5.74) is 2.78. The Morgan fingerprint density at radius 1 is 1.19 bits per heavy atom. The Bertz CT molecular complexity index is 643. The fraction of sp³-hybridized carbons (Fsp3) is 0.222. The van der Waals surface area contributed by atoms with E-state index in [0.717, 1.165) is 11.1 Å². The lowest BCUT2D eigenvalue weighted by Gasteiger charge is -2.05. The number of allylic oxidation sites excluding steroid dienone is 1. The zero-order chi connectivity index (χ0) is 15.2. The van der Waals surface area contributed by atoms with Crippen LogP contribution >= 0.6 is 0 Å². The molecule has 1 aromatic heterocycles. The number of hydrogen-bond acceptors (Lipinski definition) is 2. The second-order valence-electron chi connectivity index (χ2n) is 5.40. The van der Waals surface area contributed by atoms with Gasteiger partial charge in [-0.15, -0.1) is 0 Å². The number of anilines is 1. The van der Waals surface area contributed by atoms with Crippen molar-refractivity contribution in [3.8, 4) is 0 Å². The zero-order valence-electron chi connectivity index (χ0n) is 12.6. The Labute approximate surface area is 125 Å². The molecule has 0 fully saturated rings. The largest absolute Gasteiger partial charge is 0.307 e. The van der Waals surface area contributed by atoms with Crippen molar-refractivity contribution < 1.29 is 4.79 Å². The molecule has 1 N–H and O–H groups in total. The van der Waals surface area contributed by atoms with Gasteiger partial charge < -0.3 is 5.32 Å². The van der Waals surface area contributed by atoms with Crippen LogP contribution in [-0.2, 0) is 0 Å². The van der Waals surface area contributed by atoms with E-state index < -0.39 is 0 Å². The molecule has 108 valence electrons. The summed E-state index contributed by atoms with van der Waals surface area (Å²) >= 11 is 0. The third-order valence-electron chi connectivity index (χ3n) is 3.00. The predicted octanol–water partition coefficient (Wildman–Crippen LogP) is 4.31. The highest BCUT2D eigenvalue weighted by atomic mass is 16.1. The lowest BCUT2D eigenvalue weighted by atomic mass is 10.1. The highest BCUT2D eigenvalue weighted by Gasteiger charge is 2.06. The summed E-state index contributed by atoms with van der Waals surface area (Å²) in [6, 6.07) is 11.3. The van der Waals surface area contributed by atoms with Crippen molar-refractivity contribution in [3.05, 3.63) is 65.4 Å². The Hall–Kier alpha value is -2.42. The van der Waals surface area contributed by atoms with Crippen molar-refractivity contribution >= 4 is 17.8 Å². The van der Waals surface area contributed by atoms with Crippen LogP contribution in [0.2, 0.25) is 0 Å². The average Bonchev–Trinajstić information content (AvgIpc) is 2.45. The van der Waals surface area contributed by atoms with Crippen molar-refractivity contribution in [2.24, 2.45) is 5.92 Å². The van der Waals surface area contributed by atoms with Crippen LogP contribution < -0.4 is 5.32 Å². The standard InChI is InChI=1S/C18H20N2O/c1-13(2)4-5-15-6-8-16(9-7-15)18(21)20-17-12-14(3)10-11-19-17/h4-13H,1-3H3,(H,19,20,21)/b5-4+. The van der Waals surface area contributed by atoms with Gasteiger partial charge in [-0.25, -0.2) is 4.98 Å². The number of hydrogen-bond donors (Lipinski definition) is 1. The number of carbonyl (C=O) groups excluding carboxylic acids is 1. The van der Waals surface area contributed by atoms with Crippen LogP contribution in [0.15, 0.2) is 48.7 Å². The van der Waals surface area contributed by atoms with Crippen molar-refractivity contribution in [2.45, 2.75) is 20.8 Å². The van der Waals surface area contributed by atoms with E-state index in [2.05, 4.69) is 36.3 Å². The van der Waals surface area contributed by atoms with Gasteiger partial charge in [0.05, 0.1) is 0 Å². The first-order valence-corrected chi connectivity index (χ1v) is 7.07. The SMILES string of the molecule is Cc1ccnc(NC(=O)c2ccc(/C=C/C(C)C)cc2)c1. The maximum atomic E-state index is 12.1. The van der Waals surface area contributed by atoms with Crippen molar-refractivity contribution in [1.82, 2.24) is 4.98 Å². The van der Waals surface area contributed by atoms with Crippen LogP contribution in [0.5, 0.6) is 0 Å². The molecule has 1 heterocycles. The maximum Gasteiger partial charge on any atom is 0.256 e. The minimum Gasteiger partial charge on any atom is -0.307 e. The molecular formula is C18H20N2O. The summed E-state index contributed by atoms with van der Waals surface area (Å²) in [5.74, 6) is 0.941. The van der Waals surface area contributed by atoms with Crippen molar-refractivity contribution in [1.29, 1.82) is 0 Å². The predicted molar refractivity (Wildman–Crippen MR) is 87.2 cm³/mol. The summed E-state index contributed by atoms with van der Waals surface area (Å²) in [6.45, 7) is 6.23. The smallest absolute Gasteiger partial charge is 0.256 e. The van der Waals surface area contributed by atoms with E-state index in [4.69, 9.17) is 0 Å². The van der Waals surface area contributed by atoms with Crippen LogP contribution in [-0.4, -0.2) is 10.9 Å². The van der Waals surface area contributed by atoms with E-state index in [1.54, 1.807) is 6.20 Å². The summed E-state index contributed by atoms with van der Waals surface area (Å²) in [6.07, 6.45) is 5.88. The molecule has 0 unspecified atom stereocenters. The van der Waals surface area contributed by atoms with Crippen molar-refractivity contribution in [2.75, 3.05) is 5.32 Å². The number of amides is 1. The summed E-state index contributed by atoms with van der Waals surface area (Å²) in [7, 11) is 0. The first-order valence-electron chi connectivity index (χ1n) is 7.07. The molecule has 2 aromatic rings. The van der Waals surface area contributed by atoms with Gasteiger partial charge in [0.15, 0.2) is 0 Å². The topological polar surface area (TPSA) is 42.0 Å². The first kappa shape index (κ1) is 15.0. The number of aromatic nitrogens is 1. The van der Waals surface area contributed by atoms with Gasteiger partial charge in [0.2, 0.25) is 0 Å². The van der Waals surface area contributed by atoms with Gasteiger partial charge >= 0.3 is 0 Å². The minimum atomic E-state index is -0.146. The molecule has 3 nitrogen and oxygen atoms in total. The Balaban J connectivity index is 2.06. The lowest BCUT2D eigenvalue weighted by Crippen LogP contribution is -2.12. The number of rotatable bonds is 4. The highest BCUT2D eigenvalue weighted by Crippen LogP contribution is 2.11.